The second-order valence-corrected chi connectivity index (χ2v) is 3.49. The molecule has 0 saturated heterocycles. The van der Waals surface area contributed by atoms with E-state index >= 15 is 0 Å². The first-order chi connectivity index (χ1) is 6.63. The lowest BCUT2D eigenvalue weighted by Crippen LogP contribution is -2.12. The monoisotopic (exact) mass is 216 g/mol. The molecule has 4 heteroatoms. The number of benzene rings is 1. The molecule has 1 atom stereocenters. The first kappa shape index (κ1) is 11.3. The molecule has 0 aliphatic carbocycles. The van der Waals surface area contributed by atoms with Crippen molar-refractivity contribution in [2.45, 2.75) is 19.6 Å². The third-order valence-corrected chi connectivity index (χ3v) is 1.95. The van der Waals surface area contributed by atoms with Gasteiger partial charge < -0.3 is 14.9 Å². The summed E-state index contributed by atoms with van der Waals surface area (Å²) in [6, 6.07) is 5.04. The van der Waals surface area contributed by atoms with Crippen LogP contribution in [0.25, 0.3) is 0 Å². The van der Waals surface area contributed by atoms with Crippen LogP contribution in [0.15, 0.2) is 18.2 Å². The molecule has 0 amide bonds. The normalized spacial score (nSPS) is 12.6. The highest BCUT2D eigenvalue weighted by atomic mass is 35.5. The molecule has 0 bridgehead atoms. The highest BCUT2D eigenvalue weighted by molar-refractivity contribution is 6.32. The van der Waals surface area contributed by atoms with Gasteiger partial charge in [-0.1, -0.05) is 17.7 Å². The van der Waals surface area contributed by atoms with Crippen LogP contribution in [0.1, 0.15) is 12.5 Å². The van der Waals surface area contributed by atoms with Gasteiger partial charge in [0.05, 0.1) is 17.7 Å². The molecule has 78 valence electrons. The van der Waals surface area contributed by atoms with Gasteiger partial charge in [0, 0.05) is 0 Å². The fourth-order valence-corrected chi connectivity index (χ4v) is 1.23. The van der Waals surface area contributed by atoms with Gasteiger partial charge in [-0.15, -0.1) is 0 Å². The topological polar surface area (TPSA) is 49.7 Å². The molecule has 1 unspecified atom stereocenters. The second kappa shape index (κ2) is 5.20. The lowest BCUT2D eigenvalue weighted by Gasteiger charge is -2.10. The Morgan fingerprint density at radius 3 is 2.71 bits per heavy atom. The van der Waals surface area contributed by atoms with Crippen LogP contribution >= 0.6 is 11.6 Å². The standard InChI is InChI=1S/C10H13ClO3/c1-7(13)6-14-10-3-2-8(5-12)4-9(10)11/h2-4,7,12-13H,5-6H2,1H3. The highest BCUT2D eigenvalue weighted by Gasteiger charge is 2.04. The van der Waals surface area contributed by atoms with E-state index in [1.54, 1.807) is 25.1 Å². The summed E-state index contributed by atoms with van der Waals surface area (Å²) >= 11 is 5.87. The quantitative estimate of drug-likeness (QED) is 0.804. The van der Waals surface area contributed by atoms with Crippen molar-refractivity contribution < 1.29 is 14.9 Å². The summed E-state index contributed by atoms with van der Waals surface area (Å²) in [5.41, 5.74) is 0.736. The molecule has 2 N–H and O–H groups in total. The zero-order valence-corrected chi connectivity index (χ0v) is 8.66. The minimum absolute atomic E-state index is 0.0452. The van der Waals surface area contributed by atoms with E-state index in [-0.39, 0.29) is 13.2 Å². The van der Waals surface area contributed by atoms with Crippen molar-refractivity contribution in [3.63, 3.8) is 0 Å². The predicted molar refractivity (Wildman–Crippen MR) is 54.6 cm³/mol. The zero-order chi connectivity index (χ0) is 10.6. The number of aliphatic hydroxyl groups is 2. The summed E-state index contributed by atoms with van der Waals surface area (Å²) in [5.74, 6) is 0.518. The first-order valence-electron chi connectivity index (χ1n) is 4.33. The number of aliphatic hydroxyl groups excluding tert-OH is 2. The van der Waals surface area contributed by atoms with Gasteiger partial charge in [0.25, 0.3) is 0 Å². The molecule has 1 aromatic carbocycles. The molecule has 3 nitrogen and oxygen atoms in total. The van der Waals surface area contributed by atoms with E-state index in [2.05, 4.69) is 0 Å². The molecular formula is C10H13ClO3. The van der Waals surface area contributed by atoms with Gasteiger partial charge in [-0.2, -0.15) is 0 Å². The molecule has 0 aliphatic rings. The van der Waals surface area contributed by atoms with Gasteiger partial charge in [0.15, 0.2) is 0 Å². The Hall–Kier alpha value is -0.770. The Balaban J connectivity index is 2.69. The van der Waals surface area contributed by atoms with Crippen molar-refractivity contribution in [1.29, 1.82) is 0 Å². The number of hydrogen-bond donors (Lipinski definition) is 2. The molecule has 0 saturated carbocycles. The Bertz CT molecular complexity index is 299. The molecule has 0 fully saturated rings. The second-order valence-electron chi connectivity index (χ2n) is 3.08. The molecule has 0 heterocycles. The van der Waals surface area contributed by atoms with Crippen molar-refractivity contribution in [2.24, 2.45) is 0 Å². The van der Waals surface area contributed by atoms with E-state index in [4.69, 9.17) is 26.6 Å². The summed E-state index contributed by atoms with van der Waals surface area (Å²) in [4.78, 5) is 0. The van der Waals surface area contributed by atoms with Crippen LogP contribution < -0.4 is 4.74 Å². The van der Waals surface area contributed by atoms with E-state index in [1.807, 2.05) is 0 Å². The van der Waals surface area contributed by atoms with Gasteiger partial charge >= 0.3 is 0 Å². The smallest absolute Gasteiger partial charge is 0.138 e. The Kier molecular flexibility index (Phi) is 4.20. The molecule has 0 spiro atoms. The van der Waals surface area contributed by atoms with E-state index in [0.717, 1.165) is 5.56 Å². The maximum absolute atomic E-state index is 9.00. The van der Waals surface area contributed by atoms with Gasteiger partial charge in [-0.3, -0.25) is 0 Å². The minimum atomic E-state index is -0.524. The summed E-state index contributed by atoms with van der Waals surface area (Å²) in [5, 5.41) is 18.3. The van der Waals surface area contributed by atoms with Crippen LogP contribution in [0.2, 0.25) is 5.02 Å². The third-order valence-electron chi connectivity index (χ3n) is 1.66. The van der Waals surface area contributed by atoms with Gasteiger partial charge in [-0.05, 0) is 24.6 Å². The molecule has 0 radical (unpaired) electrons. The van der Waals surface area contributed by atoms with Crippen molar-refractivity contribution >= 4 is 11.6 Å². The number of ether oxygens (including phenoxy) is 1. The van der Waals surface area contributed by atoms with Gasteiger partial charge in [0.2, 0.25) is 0 Å². The van der Waals surface area contributed by atoms with Crippen molar-refractivity contribution in [2.75, 3.05) is 6.61 Å². The van der Waals surface area contributed by atoms with Crippen molar-refractivity contribution in [3.05, 3.63) is 28.8 Å². The SMILES string of the molecule is CC(O)COc1ccc(CO)cc1Cl. The van der Waals surface area contributed by atoms with Crippen LogP contribution in [0.5, 0.6) is 5.75 Å². The van der Waals surface area contributed by atoms with Crippen molar-refractivity contribution in [1.82, 2.24) is 0 Å². The molecule has 0 aliphatic heterocycles. The molecule has 1 rings (SSSR count). The summed E-state index contributed by atoms with van der Waals surface area (Å²) in [6.07, 6.45) is -0.524. The van der Waals surface area contributed by atoms with E-state index < -0.39 is 6.10 Å². The summed E-state index contributed by atoms with van der Waals surface area (Å²) < 4.78 is 5.23. The largest absolute Gasteiger partial charge is 0.489 e. The van der Waals surface area contributed by atoms with Crippen LogP contribution in [0.4, 0.5) is 0 Å². The number of hydrogen-bond acceptors (Lipinski definition) is 3. The minimum Gasteiger partial charge on any atom is -0.489 e. The number of halogens is 1. The van der Waals surface area contributed by atoms with Crippen molar-refractivity contribution in [3.8, 4) is 5.75 Å². The van der Waals surface area contributed by atoms with Crippen LogP contribution in [0, 0.1) is 0 Å². The lowest BCUT2D eigenvalue weighted by molar-refractivity contribution is 0.123. The molecule has 0 aromatic heterocycles. The third kappa shape index (κ3) is 3.18. The maximum Gasteiger partial charge on any atom is 0.138 e. The van der Waals surface area contributed by atoms with Gasteiger partial charge in [-0.25, -0.2) is 0 Å². The fraction of sp³-hybridized carbons (Fsp3) is 0.400. The zero-order valence-electron chi connectivity index (χ0n) is 7.90. The average molecular weight is 217 g/mol. The van der Waals surface area contributed by atoms with Gasteiger partial charge in [0.1, 0.15) is 12.4 Å². The molecule has 14 heavy (non-hydrogen) atoms. The summed E-state index contributed by atoms with van der Waals surface area (Å²) in [7, 11) is 0. The Labute approximate surface area is 87.9 Å². The first-order valence-corrected chi connectivity index (χ1v) is 4.71. The average Bonchev–Trinajstić information content (AvgIpc) is 2.15. The van der Waals surface area contributed by atoms with E-state index in [0.29, 0.717) is 10.8 Å². The van der Waals surface area contributed by atoms with E-state index in [1.165, 1.54) is 0 Å². The molecular weight excluding hydrogens is 204 g/mol. The highest BCUT2D eigenvalue weighted by Crippen LogP contribution is 2.25. The summed E-state index contributed by atoms with van der Waals surface area (Å²) in [6.45, 7) is 1.80. The fourth-order valence-electron chi connectivity index (χ4n) is 0.970. The number of rotatable bonds is 4. The molecule has 1 aromatic rings. The Morgan fingerprint density at radius 2 is 2.21 bits per heavy atom. The van der Waals surface area contributed by atoms with Crippen LogP contribution in [0.3, 0.4) is 0 Å². The van der Waals surface area contributed by atoms with E-state index in [9.17, 15) is 0 Å². The van der Waals surface area contributed by atoms with Crippen LogP contribution in [-0.4, -0.2) is 22.9 Å². The lowest BCUT2D eigenvalue weighted by atomic mass is 10.2. The maximum atomic E-state index is 9.00. The van der Waals surface area contributed by atoms with Crippen LogP contribution in [-0.2, 0) is 6.61 Å². The Morgan fingerprint density at radius 1 is 1.50 bits per heavy atom. The predicted octanol–water partition coefficient (Wildman–Crippen LogP) is 1.59.